The summed E-state index contributed by atoms with van der Waals surface area (Å²) in [7, 11) is 0. The molecule has 14 heavy (non-hydrogen) atoms. The first-order valence-corrected chi connectivity index (χ1v) is 5.73. The maximum Gasteiger partial charge on any atom is 0.222 e. The Kier molecular flexibility index (Phi) is 2.90. The van der Waals surface area contributed by atoms with Crippen LogP contribution in [-0.2, 0) is 4.79 Å². The lowest BCUT2D eigenvalue weighted by molar-refractivity contribution is -0.136. The first-order valence-electron chi connectivity index (χ1n) is 5.73. The van der Waals surface area contributed by atoms with Crippen molar-refractivity contribution in [1.82, 2.24) is 4.90 Å². The van der Waals surface area contributed by atoms with Crippen LogP contribution in [-0.4, -0.2) is 23.4 Å². The third kappa shape index (κ3) is 1.99. The molecule has 0 aromatic rings. The number of allylic oxidation sites excluding steroid dienone is 1. The van der Waals surface area contributed by atoms with E-state index in [1.54, 1.807) is 0 Å². The predicted octanol–water partition coefficient (Wildman–Crippen LogP) is 2.50. The smallest absolute Gasteiger partial charge is 0.222 e. The molecule has 0 atom stereocenters. The van der Waals surface area contributed by atoms with E-state index >= 15 is 0 Å². The first-order chi connectivity index (χ1) is 6.77. The van der Waals surface area contributed by atoms with Crippen LogP contribution in [0.1, 0.15) is 44.9 Å². The van der Waals surface area contributed by atoms with Gasteiger partial charge in [-0.15, -0.1) is 0 Å². The molecule has 0 N–H and O–H groups in total. The standard InChI is InChI=1S/C12H19NO/c1-10-5-7-11(8-6-10)13-9-3-2-4-12(13)14/h11H,1-9H2. The highest BCUT2D eigenvalue weighted by molar-refractivity contribution is 5.77. The molecule has 78 valence electrons. The SMILES string of the molecule is C=C1CCC(N2CCCCC2=O)CC1. The van der Waals surface area contributed by atoms with Gasteiger partial charge in [-0.25, -0.2) is 0 Å². The molecule has 0 radical (unpaired) electrons. The van der Waals surface area contributed by atoms with Crippen LogP contribution in [0.25, 0.3) is 0 Å². The van der Waals surface area contributed by atoms with Gasteiger partial charge < -0.3 is 4.90 Å². The van der Waals surface area contributed by atoms with Gasteiger partial charge in [0.25, 0.3) is 0 Å². The summed E-state index contributed by atoms with van der Waals surface area (Å²) in [5, 5.41) is 0. The molecule has 2 aliphatic rings. The highest BCUT2D eigenvalue weighted by Crippen LogP contribution is 2.28. The predicted molar refractivity (Wildman–Crippen MR) is 57.0 cm³/mol. The number of hydrogen-bond acceptors (Lipinski definition) is 1. The average Bonchev–Trinajstić information content (AvgIpc) is 2.20. The minimum atomic E-state index is 0.383. The van der Waals surface area contributed by atoms with Crippen molar-refractivity contribution in [1.29, 1.82) is 0 Å². The van der Waals surface area contributed by atoms with Crippen LogP contribution in [0.2, 0.25) is 0 Å². The van der Waals surface area contributed by atoms with E-state index in [4.69, 9.17) is 0 Å². The van der Waals surface area contributed by atoms with Crippen molar-refractivity contribution in [3.8, 4) is 0 Å². The maximum absolute atomic E-state index is 11.7. The second-order valence-electron chi connectivity index (χ2n) is 4.53. The summed E-state index contributed by atoms with van der Waals surface area (Å²) >= 11 is 0. The third-order valence-corrected chi connectivity index (χ3v) is 3.46. The molecule has 1 heterocycles. The topological polar surface area (TPSA) is 20.3 Å². The minimum Gasteiger partial charge on any atom is -0.340 e. The third-order valence-electron chi connectivity index (χ3n) is 3.46. The number of hydrogen-bond donors (Lipinski definition) is 0. The lowest BCUT2D eigenvalue weighted by Crippen LogP contribution is -2.44. The molecule has 0 bridgehead atoms. The van der Waals surface area contributed by atoms with E-state index in [9.17, 15) is 4.79 Å². The zero-order valence-corrected chi connectivity index (χ0v) is 8.80. The van der Waals surface area contributed by atoms with Gasteiger partial charge in [0.1, 0.15) is 0 Å². The molecule has 2 nitrogen and oxygen atoms in total. The number of piperidine rings is 1. The van der Waals surface area contributed by atoms with Crippen LogP contribution in [0.15, 0.2) is 12.2 Å². The van der Waals surface area contributed by atoms with Gasteiger partial charge in [0.2, 0.25) is 5.91 Å². The van der Waals surface area contributed by atoms with Crippen molar-refractivity contribution in [3.63, 3.8) is 0 Å². The minimum absolute atomic E-state index is 0.383. The second kappa shape index (κ2) is 4.16. The molecule has 1 saturated heterocycles. The van der Waals surface area contributed by atoms with Crippen LogP contribution in [0.5, 0.6) is 0 Å². The van der Waals surface area contributed by atoms with Crippen LogP contribution in [0.3, 0.4) is 0 Å². The van der Waals surface area contributed by atoms with Crippen molar-refractivity contribution in [2.75, 3.05) is 6.54 Å². The van der Waals surface area contributed by atoms with Crippen LogP contribution < -0.4 is 0 Å². The molecule has 0 aromatic heterocycles. The van der Waals surface area contributed by atoms with E-state index in [-0.39, 0.29) is 0 Å². The number of carbonyl (C=O) groups is 1. The number of nitrogens with zero attached hydrogens (tertiary/aromatic N) is 1. The van der Waals surface area contributed by atoms with Gasteiger partial charge in [-0.1, -0.05) is 12.2 Å². The Balaban J connectivity index is 1.93. The number of amides is 1. The van der Waals surface area contributed by atoms with Gasteiger partial charge in [-0.3, -0.25) is 4.79 Å². The van der Waals surface area contributed by atoms with Crippen molar-refractivity contribution in [2.24, 2.45) is 0 Å². The highest BCUT2D eigenvalue weighted by atomic mass is 16.2. The summed E-state index contributed by atoms with van der Waals surface area (Å²) in [6.07, 6.45) is 7.59. The Labute approximate surface area is 86.0 Å². The Morgan fingerprint density at radius 1 is 1.14 bits per heavy atom. The molecule has 1 aliphatic carbocycles. The molecule has 0 aromatic carbocycles. The molecule has 2 fully saturated rings. The number of likely N-dealkylation sites (tertiary alicyclic amines) is 1. The van der Waals surface area contributed by atoms with Crippen molar-refractivity contribution in [2.45, 2.75) is 51.0 Å². The molecule has 1 aliphatic heterocycles. The van der Waals surface area contributed by atoms with Crippen molar-refractivity contribution < 1.29 is 4.79 Å². The van der Waals surface area contributed by atoms with E-state index in [1.165, 1.54) is 12.0 Å². The second-order valence-corrected chi connectivity index (χ2v) is 4.53. The molecule has 0 unspecified atom stereocenters. The molecule has 1 amide bonds. The Hall–Kier alpha value is -0.790. The van der Waals surface area contributed by atoms with Crippen LogP contribution in [0, 0.1) is 0 Å². The summed E-state index contributed by atoms with van der Waals surface area (Å²) in [5.74, 6) is 0.383. The molecule has 0 spiro atoms. The maximum atomic E-state index is 11.7. The molecule has 2 rings (SSSR count). The largest absolute Gasteiger partial charge is 0.340 e. The summed E-state index contributed by atoms with van der Waals surface area (Å²) < 4.78 is 0. The fraction of sp³-hybridized carbons (Fsp3) is 0.750. The zero-order valence-electron chi connectivity index (χ0n) is 8.80. The van der Waals surface area contributed by atoms with E-state index < -0.39 is 0 Å². The zero-order chi connectivity index (χ0) is 9.97. The lowest BCUT2D eigenvalue weighted by Gasteiger charge is -2.37. The fourth-order valence-electron chi connectivity index (χ4n) is 2.54. The van der Waals surface area contributed by atoms with Gasteiger partial charge in [-0.2, -0.15) is 0 Å². The van der Waals surface area contributed by atoms with E-state index in [1.807, 2.05) is 0 Å². The lowest BCUT2D eigenvalue weighted by atomic mass is 9.90. The van der Waals surface area contributed by atoms with E-state index in [0.717, 1.165) is 45.1 Å². The summed E-state index contributed by atoms with van der Waals surface area (Å²) in [6.45, 7) is 5.01. The molecular formula is C12H19NO. The quantitative estimate of drug-likeness (QED) is 0.586. The summed E-state index contributed by atoms with van der Waals surface area (Å²) in [4.78, 5) is 13.8. The highest BCUT2D eigenvalue weighted by Gasteiger charge is 2.27. The van der Waals surface area contributed by atoms with Gasteiger partial charge >= 0.3 is 0 Å². The van der Waals surface area contributed by atoms with E-state index in [2.05, 4.69) is 11.5 Å². The van der Waals surface area contributed by atoms with Crippen LogP contribution in [0.4, 0.5) is 0 Å². The molecule has 1 saturated carbocycles. The van der Waals surface area contributed by atoms with Crippen molar-refractivity contribution in [3.05, 3.63) is 12.2 Å². The number of carbonyl (C=O) groups excluding carboxylic acids is 1. The Morgan fingerprint density at radius 3 is 2.50 bits per heavy atom. The average molecular weight is 193 g/mol. The molecule has 2 heteroatoms. The first kappa shape index (κ1) is 9.75. The van der Waals surface area contributed by atoms with Gasteiger partial charge in [0.05, 0.1) is 0 Å². The Bertz CT molecular complexity index is 237. The number of rotatable bonds is 1. The van der Waals surface area contributed by atoms with Crippen molar-refractivity contribution >= 4 is 5.91 Å². The van der Waals surface area contributed by atoms with E-state index in [0.29, 0.717) is 11.9 Å². The monoisotopic (exact) mass is 193 g/mol. The summed E-state index contributed by atoms with van der Waals surface area (Å²) in [5.41, 5.74) is 1.37. The van der Waals surface area contributed by atoms with Gasteiger partial charge in [0.15, 0.2) is 0 Å². The van der Waals surface area contributed by atoms with Crippen LogP contribution >= 0.6 is 0 Å². The fourth-order valence-corrected chi connectivity index (χ4v) is 2.54. The Morgan fingerprint density at radius 2 is 1.86 bits per heavy atom. The summed E-state index contributed by atoms with van der Waals surface area (Å²) in [6, 6.07) is 0.522. The van der Waals surface area contributed by atoms with Gasteiger partial charge in [0, 0.05) is 19.0 Å². The van der Waals surface area contributed by atoms with Gasteiger partial charge in [-0.05, 0) is 38.5 Å². The molecular weight excluding hydrogens is 174 g/mol. The normalized spacial score (nSPS) is 25.6.